The Morgan fingerprint density at radius 3 is 2.79 bits per heavy atom. The minimum Gasteiger partial charge on any atom is -0.419 e. The minimum atomic E-state index is -0.929. The lowest BCUT2D eigenvalue weighted by molar-refractivity contribution is -0.433. The van der Waals surface area contributed by atoms with Crippen LogP contribution < -0.4 is 0 Å². The average molecular weight is 218 g/mol. The second-order valence-electron chi connectivity index (χ2n) is 2.93. The first kappa shape index (κ1) is 10.7. The van der Waals surface area contributed by atoms with Crippen molar-refractivity contribution in [3.05, 3.63) is 33.7 Å². The summed E-state index contributed by atoms with van der Waals surface area (Å²) >= 11 is 5.00. The number of carbonyl (C=O) groups is 1. The van der Waals surface area contributed by atoms with E-state index >= 15 is 0 Å². The quantitative estimate of drug-likeness (QED) is 0.405. The van der Waals surface area contributed by atoms with E-state index in [9.17, 15) is 14.9 Å². The average Bonchev–Trinajstić information content (AvgIpc) is 2.01. The van der Waals surface area contributed by atoms with Crippen molar-refractivity contribution in [1.29, 1.82) is 0 Å². The fourth-order valence-electron chi connectivity index (χ4n) is 1.24. The fourth-order valence-corrected chi connectivity index (χ4v) is 1.34. The van der Waals surface area contributed by atoms with Gasteiger partial charge >= 0.3 is 5.43 Å². The lowest BCUT2D eigenvalue weighted by atomic mass is 9.98. The molecule has 0 heterocycles. The summed E-state index contributed by atoms with van der Waals surface area (Å²) in [6.45, 7) is 1.68. The molecule has 0 fully saturated rings. The van der Waals surface area contributed by atoms with E-state index in [1.807, 2.05) is 0 Å². The highest BCUT2D eigenvalue weighted by molar-refractivity contribution is 6.61. The van der Waals surface area contributed by atoms with E-state index in [1.165, 1.54) is 12.2 Å². The molecule has 0 aromatic heterocycles. The summed E-state index contributed by atoms with van der Waals surface area (Å²) in [7, 11) is 0. The lowest BCUT2D eigenvalue weighted by Crippen LogP contribution is -2.14. The highest BCUT2D eigenvalue weighted by Crippen LogP contribution is 2.26. The molecule has 14 heavy (non-hydrogen) atoms. The van der Waals surface area contributed by atoms with E-state index in [0.29, 0.717) is 12.2 Å². The number of allylic oxidation sites excluding steroid dienone is 4. The summed E-state index contributed by atoms with van der Waals surface area (Å²) in [5, 5.41) is 10.5. The molecule has 76 valence electrons. The van der Waals surface area contributed by atoms with Gasteiger partial charge in [-0.15, -0.1) is 0 Å². The van der Waals surface area contributed by atoms with E-state index in [4.69, 9.17) is 11.6 Å². The zero-order valence-corrected chi connectivity index (χ0v) is 8.15. The lowest BCUT2D eigenvalue weighted by Gasteiger charge is -2.14. The number of rotatable bonds is 2. The van der Waals surface area contributed by atoms with E-state index in [-0.39, 0.29) is 11.6 Å². The van der Waals surface area contributed by atoms with Crippen LogP contribution in [0.2, 0.25) is 0 Å². The van der Waals surface area contributed by atoms with Gasteiger partial charge in [-0.1, -0.05) is 6.92 Å². The van der Waals surface area contributed by atoms with Gasteiger partial charge in [0.15, 0.2) is 0 Å². The standard InChI is InChI=1S/C8H8ClNO4/c1-5-4-6(14-8(9)11)2-3-7(5)10(12)13/h2-3,5H,4H2,1H3. The molecule has 0 aromatic rings. The van der Waals surface area contributed by atoms with Gasteiger partial charge < -0.3 is 4.74 Å². The summed E-state index contributed by atoms with van der Waals surface area (Å²) < 4.78 is 4.61. The summed E-state index contributed by atoms with van der Waals surface area (Å²) in [6, 6.07) is 0. The van der Waals surface area contributed by atoms with Crippen molar-refractivity contribution < 1.29 is 14.5 Å². The molecule has 1 aliphatic carbocycles. The van der Waals surface area contributed by atoms with E-state index in [1.54, 1.807) is 6.92 Å². The number of nitrogens with zero attached hydrogens (tertiary/aromatic N) is 1. The Morgan fingerprint density at radius 2 is 2.36 bits per heavy atom. The van der Waals surface area contributed by atoms with Gasteiger partial charge in [0.05, 0.1) is 10.8 Å². The van der Waals surface area contributed by atoms with Crippen LogP contribution in [0.25, 0.3) is 0 Å². The maximum absolute atomic E-state index is 10.5. The number of hydrogen-bond donors (Lipinski definition) is 0. The molecular weight excluding hydrogens is 210 g/mol. The summed E-state index contributed by atoms with van der Waals surface area (Å²) in [5.41, 5.74) is -0.819. The highest BCUT2D eigenvalue weighted by Gasteiger charge is 2.25. The van der Waals surface area contributed by atoms with Crippen molar-refractivity contribution in [2.45, 2.75) is 13.3 Å². The maximum Gasteiger partial charge on any atom is 0.408 e. The number of ether oxygens (including phenoxy) is 1. The molecular formula is C8H8ClNO4. The van der Waals surface area contributed by atoms with Gasteiger partial charge in [-0.05, 0) is 6.08 Å². The maximum atomic E-state index is 10.5. The fraction of sp³-hybridized carbons (Fsp3) is 0.375. The Hall–Kier alpha value is -1.36. The Morgan fingerprint density at radius 1 is 1.71 bits per heavy atom. The molecule has 0 saturated carbocycles. The Kier molecular flexibility index (Phi) is 3.24. The van der Waals surface area contributed by atoms with Crippen molar-refractivity contribution in [2.75, 3.05) is 0 Å². The molecule has 0 saturated heterocycles. The third-order valence-corrected chi connectivity index (χ3v) is 1.95. The van der Waals surface area contributed by atoms with Gasteiger partial charge in [0.25, 0.3) is 0 Å². The summed E-state index contributed by atoms with van der Waals surface area (Å²) in [5.74, 6) is 0.0733. The van der Waals surface area contributed by atoms with Gasteiger partial charge in [-0.2, -0.15) is 0 Å². The SMILES string of the molecule is CC1CC(OC(=O)Cl)=CC=C1[N+](=O)[O-]. The van der Waals surface area contributed by atoms with Gasteiger partial charge in [0.2, 0.25) is 5.70 Å². The van der Waals surface area contributed by atoms with E-state index in [0.717, 1.165) is 0 Å². The van der Waals surface area contributed by atoms with Crippen molar-refractivity contribution >= 4 is 17.0 Å². The van der Waals surface area contributed by atoms with Crippen molar-refractivity contribution in [1.82, 2.24) is 0 Å². The van der Waals surface area contributed by atoms with Crippen LogP contribution >= 0.6 is 11.6 Å². The second-order valence-corrected chi connectivity index (χ2v) is 3.24. The first-order chi connectivity index (χ1) is 6.50. The molecule has 0 spiro atoms. The van der Waals surface area contributed by atoms with Crippen LogP contribution in [-0.4, -0.2) is 10.4 Å². The molecule has 0 amide bonds. The zero-order valence-electron chi connectivity index (χ0n) is 7.40. The van der Waals surface area contributed by atoms with Gasteiger partial charge in [-0.25, -0.2) is 4.79 Å². The number of hydrogen-bond acceptors (Lipinski definition) is 4. The predicted molar refractivity (Wildman–Crippen MR) is 49.3 cm³/mol. The van der Waals surface area contributed by atoms with Crippen molar-refractivity contribution in [3.8, 4) is 0 Å². The highest BCUT2D eigenvalue weighted by atomic mass is 35.5. The zero-order chi connectivity index (χ0) is 10.7. The summed E-state index contributed by atoms with van der Waals surface area (Å²) in [6.07, 6.45) is 3.02. The van der Waals surface area contributed by atoms with Crippen molar-refractivity contribution in [3.63, 3.8) is 0 Å². The first-order valence-electron chi connectivity index (χ1n) is 3.93. The van der Waals surface area contributed by atoms with Crippen LogP contribution in [0.3, 0.4) is 0 Å². The largest absolute Gasteiger partial charge is 0.419 e. The first-order valence-corrected chi connectivity index (χ1v) is 4.31. The molecule has 1 atom stereocenters. The normalized spacial score (nSPS) is 20.9. The Bertz CT molecular complexity index is 334. The number of carbonyl (C=O) groups excluding carboxylic acids is 1. The summed E-state index contributed by atoms with van der Waals surface area (Å²) in [4.78, 5) is 20.4. The third kappa shape index (κ3) is 2.56. The van der Waals surface area contributed by atoms with Crippen LogP contribution in [-0.2, 0) is 4.74 Å². The predicted octanol–water partition coefficient (Wildman–Crippen LogP) is 2.45. The molecule has 0 bridgehead atoms. The van der Waals surface area contributed by atoms with Gasteiger partial charge in [0.1, 0.15) is 5.76 Å². The van der Waals surface area contributed by atoms with Crippen LogP contribution in [0, 0.1) is 16.0 Å². The molecule has 6 heteroatoms. The van der Waals surface area contributed by atoms with Crippen LogP contribution in [0.1, 0.15) is 13.3 Å². The molecule has 1 aliphatic rings. The van der Waals surface area contributed by atoms with Crippen LogP contribution in [0.5, 0.6) is 0 Å². The van der Waals surface area contributed by atoms with E-state index in [2.05, 4.69) is 4.74 Å². The smallest absolute Gasteiger partial charge is 0.408 e. The molecule has 0 aromatic carbocycles. The van der Waals surface area contributed by atoms with E-state index < -0.39 is 10.4 Å². The van der Waals surface area contributed by atoms with Crippen molar-refractivity contribution in [2.24, 2.45) is 5.92 Å². The second kappa shape index (κ2) is 4.23. The van der Waals surface area contributed by atoms with Gasteiger partial charge in [0, 0.05) is 24.1 Å². The topological polar surface area (TPSA) is 69.4 Å². The molecule has 0 N–H and O–H groups in total. The number of halogens is 1. The van der Waals surface area contributed by atoms with Crippen LogP contribution in [0.4, 0.5) is 4.79 Å². The third-order valence-electron chi connectivity index (χ3n) is 1.87. The molecule has 1 rings (SSSR count). The molecule has 0 aliphatic heterocycles. The minimum absolute atomic E-state index is 0.111. The monoisotopic (exact) mass is 217 g/mol. The Labute approximate surface area is 85.1 Å². The number of nitro groups is 1. The molecule has 0 radical (unpaired) electrons. The molecule has 1 unspecified atom stereocenters. The molecule has 5 nitrogen and oxygen atoms in total. The Balaban J connectivity index is 2.78. The van der Waals surface area contributed by atoms with Gasteiger partial charge in [-0.3, -0.25) is 10.1 Å². The van der Waals surface area contributed by atoms with Crippen LogP contribution in [0.15, 0.2) is 23.6 Å².